The molecule has 3 rings (SSSR count). The number of nitrogens with two attached hydrogens (primary N) is 1. The molecule has 0 aliphatic carbocycles. The Bertz CT molecular complexity index is 1160. The number of aromatic nitrogens is 2. The van der Waals surface area contributed by atoms with Crippen LogP contribution in [-0.4, -0.2) is 33.7 Å². The third kappa shape index (κ3) is 5.87. The van der Waals surface area contributed by atoms with Gasteiger partial charge in [0.1, 0.15) is 11.7 Å². The van der Waals surface area contributed by atoms with Crippen LogP contribution < -0.4 is 16.4 Å². The molecule has 2 aromatic heterocycles. The Morgan fingerprint density at radius 3 is 2.59 bits per heavy atom. The Balaban J connectivity index is 1.72. The molecule has 0 saturated carbocycles. The normalized spacial score (nSPS) is 11.9. The SMILES string of the molecule is CC(C)CC(NC(=O)c1ccc(Cl)cc1Cl)C(=O)Nc1nc(-c2c[nH]c(C(N)=O)c2)cs1. The molecule has 168 valence electrons. The number of amides is 3. The average Bonchev–Trinajstić information content (AvgIpc) is 3.36. The molecule has 5 N–H and O–H groups in total. The molecular weight excluding hydrogens is 473 g/mol. The van der Waals surface area contributed by atoms with Crippen molar-refractivity contribution in [2.75, 3.05) is 5.32 Å². The first-order chi connectivity index (χ1) is 15.1. The van der Waals surface area contributed by atoms with Crippen LogP contribution in [0.25, 0.3) is 11.3 Å². The number of nitrogens with zero attached hydrogens (tertiary/aromatic N) is 1. The lowest BCUT2D eigenvalue weighted by molar-refractivity contribution is -0.118. The minimum Gasteiger partial charge on any atom is -0.364 e. The number of hydrogen-bond donors (Lipinski definition) is 4. The number of hydrogen-bond acceptors (Lipinski definition) is 5. The highest BCUT2D eigenvalue weighted by Crippen LogP contribution is 2.26. The van der Waals surface area contributed by atoms with Gasteiger partial charge in [-0.2, -0.15) is 0 Å². The Kier molecular flexibility index (Phi) is 7.55. The molecule has 8 nitrogen and oxygen atoms in total. The first-order valence-corrected chi connectivity index (χ1v) is 11.3. The molecular formula is C21H21Cl2N5O3S. The van der Waals surface area contributed by atoms with Gasteiger partial charge in [0, 0.05) is 22.2 Å². The molecule has 1 atom stereocenters. The smallest absolute Gasteiger partial charge is 0.265 e. The van der Waals surface area contributed by atoms with Gasteiger partial charge in [0.25, 0.3) is 11.8 Å². The van der Waals surface area contributed by atoms with Crippen LogP contribution in [0.3, 0.4) is 0 Å². The quantitative estimate of drug-likeness (QED) is 0.371. The van der Waals surface area contributed by atoms with Gasteiger partial charge in [0.05, 0.1) is 16.3 Å². The first kappa shape index (κ1) is 23.8. The Morgan fingerprint density at radius 2 is 1.97 bits per heavy atom. The molecule has 0 fully saturated rings. The number of aromatic amines is 1. The zero-order chi connectivity index (χ0) is 23.4. The van der Waals surface area contributed by atoms with Crippen molar-refractivity contribution in [1.82, 2.24) is 15.3 Å². The van der Waals surface area contributed by atoms with Crippen LogP contribution in [0.2, 0.25) is 10.0 Å². The largest absolute Gasteiger partial charge is 0.364 e. The van der Waals surface area contributed by atoms with Gasteiger partial charge >= 0.3 is 0 Å². The number of benzene rings is 1. The van der Waals surface area contributed by atoms with Gasteiger partial charge in [0.15, 0.2) is 5.13 Å². The number of halogens is 2. The topological polar surface area (TPSA) is 130 Å². The van der Waals surface area contributed by atoms with E-state index in [4.69, 9.17) is 28.9 Å². The number of primary amides is 1. The molecule has 1 unspecified atom stereocenters. The van der Waals surface area contributed by atoms with Crippen LogP contribution in [0.15, 0.2) is 35.8 Å². The van der Waals surface area contributed by atoms with Gasteiger partial charge in [-0.05, 0) is 36.6 Å². The Labute approximate surface area is 198 Å². The van der Waals surface area contributed by atoms with Crippen molar-refractivity contribution in [3.63, 3.8) is 0 Å². The minimum atomic E-state index is -0.796. The lowest BCUT2D eigenvalue weighted by Gasteiger charge is -2.20. The van der Waals surface area contributed by atoms with E-state index in [0.29, 0.717) is 27.8 Å². The van der Waals surface area contributed by atoms with E-state index in [9.17, 15) is 14.4 Å². The Hall–Kier alpha value is -2.88. The molecule has 0 aliphatic rings. The van der Waals surface area contributed by atoms with Gasteiger partial charge < -0.3 is 21.4 Å². The second-order valence-electron chi connectivity index (χ2n) is 7.47. The van der Waals surface area contributed by atoms with Crippen molar-refractivity contribution in [1.29, 1.82) is 0 Å². The van der Waals surface area contributed by atoms with Crippen LogP contribution in [-0.2, 0) is 4.79 Å². The van der Waals surface area contributed by atoms with Crippen molar-refractivity contribution >= 4 is 57.4 Å². The fourth-order valence-corrected chi connectivity index (χ4v) is 4.17. The van der Waals surface area contributed by atoms with Gasteiger partial charge in [-0.15, -0.1) is 11.3 Å². The van der Waals surface area contributed by atoms with Gasteiger partial charge in [-0.1, -0.05) is 37.0 Å². The second-order valence-corrected chi connectivity index (χ2v) is 9.17. The maximum Gasteiger partial charge on any atom is 0.265 e. The molecule has 0 radical (unpaired) electrons. The van der Waals surface area contributed by atoms with Gasteiger partial charge in [0.2, 0.25) is 5.91 Å². The summed E-state index contributed by atoms with van der Waals surface area (Å²) in [6, 6.07) is 5.32. The predicted molar refractivity (Wildman–Crippen MR) is 126 cm³/mol. The summed E-state index contributed by atoms with van der Waals surface area (Å²) in [5, 5.41) is 8.20. The summed E-state index contributed by atoms with van der Waals surface area (Å²) in [5.74, 6) is -1.30. The minimum absolute atomic E-state index is 0.144. The number of anilines is 1. The van der Waals surface area contributed by atoms with E-state index >= 15 is 0 Å². The number of carbonyl (C=O) groups is 3. The third-order valence-corrected chi connectivity index (χ3v) is 5.79. The number of thiazole rings is 1. The second kappa shape index (κ2) is 10.2. The van der Waals surface area contributed by atoms with Crippen LogP contribution in [0, 0.1) is 5.92 Å². The van der Waals surface area contributed by atoms with E-state index in [0.717, 1.165) is 0 Å². The van der Waals surface area contributed by atoms with Crippen molar-refractivity contribution in [3.8, 4) is 11.3 Å². The van der Waals surface area contributed by atoms with Gasteiger partial charge in [-0.25, -0.2) is 4.98 Å². The van der Waals surface area contributed by atoms with Gasteiger partial charge in [-0.3, -0.25) is 14.4 Å². The van der Waals surface area contributed by atoms with Crippen LogP contribution in [0.1, 0.15) is 41.1 Å². The zero-order valence-electron chi connectivity index (χ0n) is 17.2. The fraction of sp³-hybridized carbons (Fsp3) is 0.238. The number of H-pyrrole nitrogens is 1. The van der Waals surface area contributed by atoms with E-state index in [-0.39, 0.29) is 22.2 Å². The standard InChI is InChI=1S/C21H21Cl2N5O3S/c1-10(2)5-16(26-19(30)13-4-3-12(22)7-14(13)23)20(31)28-21-27-17(9-32-21)11-6-15(18(24)29)25-8-11/h3-4,6-10,16,25H,5H2,1-2H3,(H2,24,29)(H,26,30)(H,27,28,31). The van der Waals surface area contributed by atoms with Crippen LogP contribution in [0.4, 0.5) is 5.13 Å². The highest BCUT2D eigenvalue weighted by Gasteiger charge is 2.24. The number of rotatable bonds is 8. The highest BCUT2D eigenvalue weighted by molar-refractivity contribution is 7.14. The molecule has 1 aromatic carbocycles. The monoisotopic (exact) mass is 493 g/mol. The first-order valence-electron chi connectivity index (χ1n) is 9.65. The average molecular weight is 494 g/mol. The summed E-state index contributed by atoms with van der Waals surface area (Å²) in [6.45, 7) is 3.90. The lowest BCUT2D eigenvalue weighted by Crippen LogP contribution is -2.44. The van der Waals surface area contributed by atoms with Crippen molar-refractivity contribution in [2.45, 2.75) is 26.3 Å². The summed E-state index contributed by atoms with van der Waals surface area (Å²) in [7, 11) is 0. The number of carbonyl (C=O) groups excluding carboxylic acids is 3. The molecule has 0 bridgehead atoms. The molecule has 32 heavy (non-hydrogen) atoms. The highest BCUT2D eigenvalue weighted by atomic mass is 35.5. The third-order valence-electron chi connectivity index (χ3n) is 4.48. The molecule has 2 heterocycles. The molecule has 3 aromatic rings. The van der Waals surface area contributed by atoms with Crippen LogP contribution in [0.5, 0.6) is 0 Å². The molecule has 0 saturated heterocycles. The summed E-state index contributed by atoms with van der Waals surface area (Å²) >= 11 is 13.2. The Morgan fingerprint density at radius 1 is 1.22 bits per heavy atom. The maximum atomic E-state index is 12.9. The summed E-state index contributed by atoms with van der Waals surface area (Å²) in [6.07, 6.45) is 2.03. The molecule has 3 amide bonds. The fourth-order valence-electron chi connectivity index (χ4n) is 2.95. The maximum absolute atomic E-state index is 12.9. The lowest BCUT2D eigenvalue weighted by atomic mass is 10.0. The zero-order valence-corrected chi connectivity index (χ0v) is 19.6. The summed E-state index contributed by atoms with van der Waals surface area (Å²) in [5.41, 5.74) is 6.99. The van der Waals surface area contributed by atoms with Crippen molar-refractivity contribution in [2.24, 2.45) is 11.7 Å². The van der Waals surface area contributed by atoms with E-state index < -0.39 is 23.8 Å². The summed E-state index contributed by atoms with van der Waals surface area (Å²) in [4.78, 5) is 44.0. The van der Waals surface area contributed by atoms with E-state index in [1.807, 2.05) is 13.8 Å². The molecule has 11 heteroatoms. The van der Waals surface area contributed by atoms with E-state index in [1.165, 1.54) is 23.5 Å². The van der Waals surface area contributed by atoms with E-state index in [2.05, 4.69) is 20.6 Å². The molecule has 0 spiro atoms. The van der Waals surface area contributed by atoms with E-state index in [1.54, 1.807) is 23.7 Å². The summed E-state index contributed by atoms with van der Waals surface area (Å²) < 4.78 is 0. The number of nitrogens with one attached hydrogen (secondary N) is 3. The van der Waals surface area contributed by atoms with Crippen molar-refractivity contribution in [3.05, 3.63) is 57.1 Å². The van der Waals surface area contributed by atoms with Crippen molar-refractivity contribution < 1.29 is 14.4 Å². The van der Waals surface area contributed by atoms with Crippen LogP contribution >= 0.6 is 34.5 Å². The molecule has 0 aliphatic heterocycles. The predicted octanol–water partition coefficient (Wildman–Crippen LogP) is 4.33.